The van der Waals surface area contributed by atoms with Crippen molar-refractivity contribution < 1.29 is 9.90 Å². The van der Waals surface area contributed by atoms with Gasteiger partial charge in [0.15, 0.2) is 0 Å². The van der Waals surface area contributed by atoms with Crippen LogP contribution in [0.15, 0.2) is 42.5 Å². The van der Waals surface area contributed by atoms with Crippen molar-refractivity contribution in [1.29, 1.82) is 0 Å². The van der Waals surface area contributed by atoms with E-state index in [9.17, 15) is 4.79 Å². The Kier molecular flexibility index (Phi) is 3.45. The topological polar surface area (TPSA) is 40.5 Å². The molecule has 0 aromatic heterocycles. The molecule has 0 heterocycles. The third kappa shape index (κ3) is 2.68. The van der Waals surface area contributed by atoms with Gasteiger partial charge >= 0.3 is 5.97 Å². The van der Waals surface area contributed by atoms with Crippen LogP contribution < -0.4 is 0 Å². The Morgan fingerprint density at radius 3 is 2.60 bits per heavy atom. The molecule has 0 aliphatic heterocycles. The summed E-state index contributed by atoms with van der Waals surface area (Å²) in [7, 11) is 0. The van der Waals surface area contributed by atoms with Crippen molar-refractivity contribution in [2.45, 2.75) is 31.8 Å². The minimum atomic E-state index is -0.746. The Balaban J connectivity index is 1.89. The molecule has 104 valence electrons. The molecular formula is C17H19NO2. The zero-order chi connectivity index (χ0) is 14.1. The number of rotatable bonds is 5. The van der Waals surface area contributed by atoms with Crippen molar-refractivity contribution in [2.24, 2.45) is 0 Å². The van der Waals surface area contributed by atoms with Gasteiger partial charge in [-0.05, 0) is 42.2 Å². The first-order valence-corrected chi connectivity index (χ1v) is 7.11. The van der Waals surface area contributed by atoms with Crippen molar-refractivity contribution in [3.8, 4) is 0 Å². The van der Waals surface area contributed by atoms with E-state index in [1.807, 2.05) is 12.1 Å². The number of carboxylic acid groups (broad SMARTS) is 1. The van der Waals surface area contributed by atoms with Gasteiger partial charge in [0.05, 0.1) is 6.54 Å². The lowest BCUT2D eigenvalue weighted by Gasteiger charge is -2.28. The Morgan fingerprint density at radius 2 is 1.95 bits per heavy atom. The minimum absolute atomic E-state index is 0.124. The maximum atomic E-state index is 11.0. The van der Waals surface area contributed by atoms with Crippen molar-refractivity contribution >= 4 is 16.7 Å². The summed E-state index contributed by atoms with van der Waals surface area (Å²) < 4.78 is 0. The molecule has 0 saturated heterocycles. The largest absolute Gasteiger partial charge is 0.480 e. The lowest BCUT2D eigenvalue weighted by atomic mass is 10.0. The highest BCUT2D eigenvalue weighted by molar-refractivity contribution is 5.83. The molecule has 1 aliphatic carbocycles. The van der Waals surface area contributed by atoms with Gasteiger partial charge in [0.25, 0.3) is 0 Å². The highest BCUT2D eigenvalue weighted by Crippen LogP contribution is 2.34. The van der Waals surface area contributed by atoms with Gasteiger partial charge in [-0.1, -0.05) is 36.4 Å². The molecule has 0 bridgehead atoms. The molecule has 1 saturated carbocycles. The summed E-state index contributed by atoms with van der Waals surface area (Å²) in [6.07, 6.45) is 2.23. The Bertz CT molecular complexity index is 634. The summed E-state index contributed by atoms with van der Waals surface area (Å²) in [5.74, 6) is -0.746. The number of carboxylic acids is 1. The number of carbonyl (C=O) groups is 1. The Labute approximate surface area is 118 Å². The predicted octanol–water partition coefficient (Wildman–Crippen LogP) is 3.45. The second kappa shape index (κ2) is 5.25. The van der Waals surface area contributed by atoms with Crippen LogP contribution in [-0.2, 0) is 4.79 Å². The van der Waals surface area contributed by atoms with Crippen LogP contribution in [0.4, 0.5) is 0 Å². The molecule has 20 heavy (non-hydrogen) atoms. The molecule has 0 radical (unpaired) electrons. The fourth-order valence-electron chi connectivity index (χ4n) is 2.80. The summed E-state index contributed by atoms with van der Waals surface area (Å²) in [6.45, 7) is 2.23. The molecule has 3 nitrogen and oxygen atoms in total. The predicted molar refractivity (Wildman–Crippen MR) is 79.7 cm³/mol. The molecule has 1 fully saturated rings. The lowest BCUT2D eigenvalue weighted by molar-refractivity contribution is -0.139. The highest BCUT2D eigenvalue weighted by atomic mass is 16.4. The van der Waals surface area contributed by atoms with Gasteiger partial charge in [-0.15, -0.1) is 0 Å². The first-order valence-electron chi connectivity index (χ1n) is 7.11. The molecule has 1 aliphatic rings. The minimum Gasteiger partial charge on any atom is -0.480 e. The van der Waals surface area contributed by atoms with Crippen molar-refractivity contribution in [3.63, 3.8) is 0 Å². The van der Waals surface area contributed by atoms with Gasteiger partial charge < -0.3 is 5.11 Å². The van der Waals surface area contributed by atoms with Crippen molar-refractivity contribution in [1.82, 2.24) is 4.90 Å². The maximum absolute atomic E-state index is 11.0. The van der Waals surface area contributed by atoms with Gasteiger partial charge in [-0.3, -0.25) is 9.69 Å². The zero-order valence-electron chi connectivity index (χ0n) is 11.6. The van der Waals surface area contributed by atoms with Gasteiger partial charge in [-0.25, -0.2) is 0 Å². The van der Waals surface area contributed by atoms with Crippen LogP contribution in [0, 0.1) is 0 Å². The van der Waals surface area contributed by atoms with E-state index in [0.29, 0.717) is 6.04 Å². The second-order valence-electron chi connectivity index (χ2n) is 5.58. The molecule has 0 amide bonds. The quantitative estimate of drug-likeness (QED) is 0.903. The average Bonchev–Trinajstić information content (AvgIpc) is 3.28. The summed E-state index contributed by atoms with van der Waals surface area (Å²) in [5.41, 5.74) is 1.19. The normalized spacial score (nSPS) is 16.5. The van der Waals surface area contributed by atoms with Gasteiger partial charge in [-0.2, -0.15) is 0 Å². The van der Waals surface area contributed by atoms with Crippen LogP contribution in [-0.4, -0.2) is 28.6 Å². The monoisotopic (exact) mass is 269 g/mol. The van der Waals surface area contributed by atoms with E-state index in [0.717, 1.165) is 12.8 Å². The van der Waals surface area contributed by atoms with E-state index >= 15 is 0 Å². The third-order valence-corrected chi connectivity index (χ3v) is 4.09. The Hall–Kier alpha value is -1.87. The molecule has 2 aromatic carbocycles. The number of hydrogen-bond acceptors (Lipinski definition) is 2. The molecule has 0 spiro atoms. The maximum Gasteiger partial charge on any atom is 0.317 e. The van der Waals surface area contributed by atoms with Crippen molar-refractivity contribution in [3.05, 3.63) is 48.0 Å². The van der Waals surface area contributed by atoms with Crippen LogP contribution in [0.1, 0.15) is 31.4 Å². The zero-order valence-corrected chi connectivity index (χ0v) is 11.6. The van der Waals surface area contributed by atoms with E-state index in [4.69, 9.17) is 5.11 Å². The van der Waals surface area contributed by atoms with E-state index < -0.39 is 5.97 Å². The van der Waals surface area contributed by atoms with E-state index in [1.165, 1.54) is 16.3 Å². The number of fused-ring (bicyclic) bond motifs is 1. The third-order valence-electron chi connectivity index (χ3n) is 4.09. The van der Waals surface area contributed by atoms with Crippen LogP contribution in [0.2, 0.25) is 0 Å². The first-order chi connectivity index (χ1) is 9.65. The molecule has 1 unspecified atom stereocenters. The summed E-state index contributed by atoms with van der Waals surface area (Å²) in [5, 5.41) is 11.5. The van der Waals surface area contributed by atoms with Gasteiger partial charge in [0.2, 0.25) is 0 Å². The molecule has 3 rings (SSSR count). The van der Waals surface area contributed by atoms with Gasteiger partial charge in [0, 0.05) is 12.1 Å². The summed E-state index contributed by atoms with van der Waals surface area (Å²) >= 11 is 0. The number of benzene rings is 2. The van der Waals surface area contributed by atoms with E-state index in [2.05, 4.69) is 42.2 Å². The van der Waals surface area contributed by atoms with Crippen LogP contribution in [0.25, 0.3) is 10.8 Å². The SMILES string of the molecule is CC(c1ccc2ccccc2c1)N(CC(=O)O)C1CC1. The van der Waals surface area contributed by atoms with Crippen molar-refractivity contribution in [2.75, 3.05) is 6.54 Å². The van der Waals surface area contributed by atoms with Crippen LogP contribution >= 0.6 is 0 Å². The smallest absolute Gasteiger partial charge is 0.317 e. The number of nitrogens with zero attached hydrogens (tertiary/aromatic N) is 1. The molecular weight excluding hydrogens is 250 g/mol. The van der Waals surface area contributed by atoms with E-state index in [-0.39, 0.29) is 12.6 Å². The lowest BCUT2D eigenvalue weighted by Crippen LogP contribution is -2.34. The molecule has 2 aromatic rings. The standard InChI is InChI=1S/C17H19NO2/c1-12(18(11-17(19)20)16-8-9-16)14-7-6-13-4-2-3-5-15(13)10-14/h2-7,10,12,16H,8-9,11H2,1H3,(H,19,20). The number of hydrogen-bond donors (Lipinski definition) is 1. The van der Waals surface area contributed by atoms with Gasteiger partial charge in [0.1, 0.15) is 0 Å². The fourth-order valence-corrected chi connectivity index (χ4v) is 2.80. The highest BCUT2D eigenvalue weighted by Gasteiger charge is 2.33. The average molecular weight is 269 g/mol. The fraction of sp³-hybridized carbons (Fsp3) is 0.353. The van der Waals surface area contributed by atoms with Crippen LogP contribution in [0.3, 0.4) is 0 Å². The second-order valence-corrected chi connectivity index (χ2v) is 5.58. The molecule has 1 atom stereocenters. The first kappa shape index (κ1) is 13.1. The Morgan fingerprint density at radius 1 is 1.25 bits per heavy atom. The number of aliphatic carboxylic acids is 1. The van der Waals surface area contributed by atoms with E-state index in [1.54, 1.807) is 0 Å². The molecule has 1 N–H and O–H groups in total. The summed E-state index contributed by atoms with van der Waals surface area (Å²) in [4.78, 5) is 13.2. The van der Waals surface area contributed by atoms with Crippen LogP contribution in [0.5, 0.6) is 0 Å². The molecule has 3 heteroatoms. The summed E-state index contributed by atoms with van der Waals surface area (Å²) in [6, 6.07) is 15.3.